The van der Waals surface area contributed by atoms with Crippen molar-refractivity contribution in [3.05, 3.63) is 94.3 Å². The fourth-order valence-corrected chi connectivity index (χ4v) is 8.46. The highest BCUT2D eigenvalue weighted by atomic mass is 19.4. The number of hydrogen-bond donors (Lipinski definition) is 4. The Morgan fingerprint density at radius 1 is 0.859 bits per heavy atom. The molecule has 3 heterocycles. The number of ether oxygens (including phenoxy) is 5. The Morgan fingerprint density at radius 2 is 1.52 bits per heavy atom. The minimum atomic E-state index is -4.84. The lowest BCUT2D eigenvalue weighted by Crippen LogP contribution is -2.54. The van der Waals surface area contributed by atoms with Crippen molar-refractivity contribution in [1.29, 1.82) is 0 Å². The first-order chi connectivity index (χ1) is 34.0. The average molecular weight is 998 g/mol. The van der Waals surface area contributed by atoms with Gasteiger partial charge in [0.25, 0.3) is 17.7 Å². The quantitative estimate of drug-likeness (QED) is 0.0603. The summed E-state index contributed by atoms with van der Waals surface area (Å²) in [4.78, 5) is 105. The maximum atomic E-state index is 13.8. The number of alkyl halides is 3. The van der Waals surface area contributed by atoms with Gasteiger partial charge in [-0.2, -0.15) is 13.2 Å². The lowest BCUT2D eigenvalue weighted by atomic mass is 9.94. The summed E-state index contributed by atoms with van der Waals surface area (Å²) in [5.74, 6) is -5.02. The third kappa shape index (κ3) is 12.1. The molecular weight excluding hydrogens is 947 g/mol. The van der Waals surface area contributed by atoms with Crippen LogP contribution in [0.5, 0.6) is 0 Å². The second-order valence-corrected chi connectivity index (χ2v) is 16.8. The molecule has 3 aromatic carbocycles. The molecule has 71 heavy (non-hydrogen) atoms. The zero-order valence-electron chi connectivity index (χ0n) is 38.4. The predicted octanol–water partition coefficient (Wildman–Crippen LogP) is 3.63. The van der Waals surface area contributed by atoms with Crippen LogP contribution in [-0.4, -0.2) is 153 Å². The number of carbonyl (C=O) groups excluding carboxylic acids is 8. The molecule has 1 unspecified atom stereocenters. The Hall–Kier alpha value is -7.02. The smallest absolute Gasteiger partial charge is 0.418 e. The van der Waals surface area contributed by atoms with Gasteiger partial charge < -0.3 is 44.5 Å². The fraction of sp³-hybridized carbons (Fsp3) is 0.447. The van der Waals surface area contributed by atoms with Gasteiger partial charge in [-0.1, -0.05) is 24.3 Å². The number of carbonyl (C=O) groups is 8. The molecule has 9 amide bonds. The van der Waals surface area contributed by atoms with E-state index in [1.54, 1.807) is 18.2 Å². The molecule has 3 atom stereocenters. The number of rotatable bonds is 23. The molecule has 4 aliphatic rings. The van der Waals surface area contributed by atoms with Crippen LogP contribution in [0.15, 0.2) is 60.7 Å². The molecule has 2 saturated heterocycles. The number of aryl methyl sites for hydroxylation is 1. The monoisotopic (exact) mass is 997 g/mol. The van der Waals surface area contributed by atoms with Gasteiger partial charge in [0.2, 0.25) is 23.3 Å². The van der Waals surface area contributed by atoms with Gasteiger partial charge in [0.15, 0.2) is 0 Å². The molecule has 380 valence electrons. The molecule has 20 nitrogen and oxygen atoms in total. The second-order valence-electron chi connectivity index (χ2n) is 16.8. The standard InChI is InChI=1S/C47H51F4N7O13/c1-28(47(49,50)51)56(26-29-5-7-31(48)8-6-29)38(60)27-57-43(64)46(71-45(57)66)14-13-30-25-32(9-10-34(30)46)54-44(65)53-16-18-68-20-22-70-24-23-69-21-19-67-17-15-52-35-4-2-3-33-39(35)42(63)58(41(33)62)36-11-12-37(59)55-40(36)61/h2-10,25,28,36,52H,11-24,26-27H2,1H3,(H2,53,54,65)(H,55,59,61)/t28-,36?,46+/m0/s1. The number of fused-ring (bicyclic) bond motifs is 3. The molecule has 0 radical (unpaired) electrons. The van der Waals surface area contributed by atoms with Gasteiger partial charge in [0.1, 0.15) is 24.4 Å². The number of benzene rings is 3. The molecule has 3 aromatic rings. The van der Waals surface area contributed by atoms with Crippen LogP contribution in [0.4, 0.5) is 38.5 Å². The Labute approximate surface area is 403 Å². The van der Waals surface area contributed by atoms with Gasteiger partial charge in [-0.3, -0.25) is 39.0 Å². The van der Waals surface area contributed by atoms with Crippen LogP contribution in [0, 0.1) is 5.82 Å². The lowest BCUT2D eigenvalue weighted by molar-refractivity contribution is -0.187. The van der Waals surface area contributed by atoms with Crippen molar-refractivity contribution in [2.75, 3.05) is 83.1 Å². The van der Waals surface area contributed by atoms with Crippen LogP contribution in [0.2, 0.25) is 0 Å². The van der Waals surface area contributed by atoms with E-state index in [4.69, 9.17) is 23.7 Å². The molecule has 1 spiro atoms. The summed E-state index contributed by atoms with van der Waals surface area (Å²) in [7, 11) is 0. The number of piperidine rings is 1. The van der Waals surface area contributed by atoms with Crippen molar-refractivity contribution in [2.24, 2.45) is 0 Å². The van der Waals surface area contributed by atoms with E-state index >= 15 is 0 Å². The summed E-state index contributed by atoms with van der Waals surface area (Å²) in [6.07, 6.45) is -5.69. The largest absolute Gasteiger partial charge is 0.427 e. The van der Waals surface area contributed by atoms with Gasteiger partial charge in [0.05, 0.1) is 64.0 Å². The number of amides is 9. The predicted molar refractivity (Wildman–Crippen MR) is 239 cm³/mol. The van der Waals surface area contributed by atoms with Gasteiger partial charge in [0, 0.05) is 49.4 Å². The molecule has 0 bridgehead atoms. The molecule has 2 fully saturated rings. The van der Waals surface area contributed by atoms with Crippen LogP contribution in [0.3, 0.4) is 0 Å². The number of halogens is 4. The second kappa shape index (κ2) is 22.8. The van der Waals surface area contributed by atoms with E-state index in [0.29, 0.717) is 58.7 Å². The average Bonchev–Trinajstić information content (AvgIpc) is 3.91. The maximum Gasteiger partial charge on any atom is 0.418 e. The molecular formula is C47H51F4N7O13. The highest BCUT2D eigenvalue weighted by Crippen LogP contribution is 2.46. The van der Waals surface area contributed by atoms with Crippen molar-refractivity contribution in [1.82, 2.24) is 25.3 Å². The van der Waals surface area contributed by atoms with E-state index in [1.165, 1.54) is 30.3 Å². The Bertz CT molecular complexity index is 2530. The highest BCUT2D eigenvalue weighted by Gasteiger charge is 2.59. The van der Waals surface area contributed by atoms with E-state index in [2.05, 4.69) is 21.3 Å². The van der Waals surface area contributed by atoms with Gasteiger partial charge >= 0.3 is 18.3 Å². The molecule has 0 aromatic heterocycles. The summed E-state index contributed by atoms with van der Waals surface area (Å²) in [6.45, 7) is 1.84. The molecule has 0 saturated carbocycles. The van der Waals surface area contributed by atoms with E-state index in [0.717, 1.165) is 24.0 Å². The van der Waals surface area contributed by atoms with Gasteiger partial charge in [-0.25, -0.2) is 18.9 Å². The van der Waals surface area contributed by atoms with Crippen molar-refractivity contribution in [3.8, 4) is 0 Å². The molecule has 24 heteroatoms. The van der Waals surface area contributed by atoms with E-state index < -0.39 is 90.3 Å². The molecule has 3 aliphatic heterocycles. The first-order valence-corrected chi connectivity index (χ1v) is 22.7. The minimum Gasteiger partial charge on any atom is -0.427 e. The van der Waals surface area contributed by atoms with E-state index in [9.17, 15) is 55.9 Å². The van der Waals surface area contributed by atoms with Crippen LogP contribution in [-0.2, 0) is 61.4 Å². The third-order valence-electron chi connectivity index (χ3n) is 12.1. The van der Waals surface area contributed by atoms with Gasteiger partial charge in [-0.05, 0) is 67.3 Å². The molecule has 1 aliphatic carbocycles. The number of hydrogen-bond acceptors (Lipinski definition) is 14. The van der Waals surface area contributed by atoms with E-state index in [1.807, 2.05) is 0 Å². The van der Waals surface area contributed by atoms with Crippen LogP contribution >= 0.6 is 0 Å². The SMILES string of the molecule is C[C@H](N(Cc1ccc(F)cc1)C(=O)CN1C(=O)O[C@@]2(CCc3cc(NC(=O)NCCOCCOCCOCCOCCNc4cccc5c4C(=O)N(C4CCC(=O)NC4=O)C5=O)ccc32)C1=O)C(F)(F)F. The van der Waals surface area contributed by atoms with Crippen molar-refractivity contribution in [3.63, 3.8) is 0 Å². The van der Waals surface area contributed by atoms with Gasteiger partial charge in [-0.15, -0.1) is 0 Å². The molecule has 4 N–H and O–H groups in total. The lowest BCUT2D eigenvalue weighted by Gasteiger charge is -2.31. The van der Waals surface area contributed by atoms with E-state index in [-0.39, 0.29) is 82.0 Å². The van der Waals surface area contributed by atoms with Crippen LogP contribution in [0.25, 0.3) is 0 Å². The zero-order chi connectivity index (χ0) is 50.9. The normalized spacial score (nSPS) is 18.9. The Morgan fingerprint density at radius 3 is 2.18 bits per heavy atom. The molecule has 7 rings (SSSR count). The summed E-state index contributed by atoms with van der Waals surface area (Å²) in [5, 5.41) is 10.6. The third-order valence-corrected chi connectivity index (χ3v) is 12.1. The highest BCUT2D eigenvalue weighted by molar-refractivity contribution is 6.25. The number of anilines is 2. The number of imide groups is 3. The number of urea groups is 1. The minimum absolute atomic E-state index is 0.00285. The Balaban J connectivity index is 0.732. The van der Waals surface area contributed by atoms with Crippen LogP contribution < -0.4 is 21.3 Å². The Kier molecular flexibility index (Phi) is 16.7. The van der Waals surface area contributed by atoms with Crippen molar-refractivity contribution < 1.29 is 79.6 Å². The summed E-state index contributed by atoms with van der Waals surface area (Å²) < 4.78 is 82.5. The zero-order valence-corrected chi connectivity index (χ0v) is 38.4. The summed E-state index contributed by atoms with van der Waals surface area (Å²) in [5.41, 5.74) is 0.425. The number of nitrogens with zero attached hydrogens (tertiary/aromatic N) is 3. The first-order valence-electron chi connectivity index (χ1n) is 22.7. The first kappa shape index (κ1) is 51.8. The van der Waals surface area contributed by atoms with Crippen molar-refractivity contribution in [2.45, 2.75) is 63.0 Å². The maximum absolute atomic E-state index is 13.8. The summed E-state index contributed by atoms with van der Waals surface area (Å²) in [6, 6.07) is 10.0. The summed E-state index contributed by atoms with van der Waals surface area (Å²) >= 11 is 0. The topological polar surface area (TPSA) is 241 Å². The van der Waals surface area contributed by atoms with Crippen LogP contribution in [0.1, 0.15) is 63.6 Å². The number of nitrogens with one attached hydrogen (secondary N) is 4. The fourth-order valence-electron chi connectivity index (χ4n) is 8.46. The van der Waals surface area contributed by atoms with Crippen molar-refractivity contribution >= 4 is 58.9 Å².